The van der Waals surface area contributed by atoms with Crippen LogP contribution >= 0.6 is 11.8 Å². The highest BCUT2D eigenvalue weighted by Crippen LogP contribution is 2.29. The van der Waals surface area contributed by atoms with Crippen molar-refractivity contribution < 1.29 is 14.3 Å². The third-order valence-corrected chi connectivity index (χ3v) is 4.46. The molecule has 1 aliphatic carbocycles. The Balaban J connectivity index is 1.80. The van der Waals surface area contributed by atoms with E-state index >= 15 is 0 Å². The predicted molar refractivity (Wildman–Crippen MR) is 92.6 cm³/mol. The van der Waals surface area contributed by atoms with E-state index in [4.69, 9.17) is 4.74 Å². The molecule has 1 aromatic rings. The molecule has 6 heteroatoms. The van der Waals surface area contributed by atoms with Gasteiger partial charge in [-0.1, -0.05) is 25.1 Å². The molecule has 1 aromatic carbocycles. The minimum Gasteiger partial charge on any atom is -0.484 e. The average molecular weight is 336 g/mol. The van der Waals surface area contributed by atoms with Gasteiger partial charge in [-0.05, 0) is 42.9 Å². The Labute approximate surface area is 141 Å². The van der Waals surface area contributed by atoms with Crippen LogP contribution in [-0.2, 0) is 9.59 Å². The summed E-state index contributed by atoms with van der Waals surface area (Å²) in [6.45, 7) is 2.01. The molecule has 1 aliphatic rings. The predicted octanol–water partition coefficient (Wildman–Crippen LogP) is 1.83. The number of hydrogen-bond donors (Lipinski definition) is 2. The summed E-state index contributed by atoms with van der Waals surface area (Å²) in [7, 11) is 0. The fourth-order valence-electron chi connectivity index (χ4n) is 2.21. The highest BCUT2D eigenvalue weighted by atomic mass is 32.2. The molecule has 23 heavy (non-hydrogen) atoms. The lowest BCUT2D eigenvalue weighted by atomic mass is 10.2. The third kappa shape index (κ3) is 6.14. The smallest absolute Gasteiger partial charge is 0.258 e. The average Bonchev–Trinajstić information content (AvgIpc) is 3.25. The van der Waals surface area contributed by atoms with Gasteiger partial charge in [-0.15, -0.1) is 0 Å². The summed E-state index contributed by atoms with van der Waals surface area (Å²) >= 11 is 1.66. The van der Waals surface area contributed by atoms with Gasteiger partial charge in [0.15, 0.2) is 6.61 Å². The van der Waals surface area contributed by atoms with Crippen LogP contribution in [0.1, 0.15) is 19.8 Å². The lowest BCUT2D eigenvalue weighted by Crippen LogP contribution is -2.49. The Morgan fingerprint density at radius 2 is 2.04 bits per heavy atom. The fourth-order valence-corrected chi connectivity index (χ4v) is 2.68. The van der Waals surface area contributed by atoms with Crippen LogP contribution in [-0.4, -0.2) is 42.5 Å². The maximum atomic E-state index is 12.3. The zero-order valence-electron chi connectivity index (χ0n) is 13.6. The van der Waals surface area contributed by atoms with E-state index in [0.717, 1.165) is 12.2 Å². The highest BCUT2D eigenvalue weighted by molar-refractivity contribution is 7.98. The Hall–Kier alpha value is -1.69. The van der Waals surface area contributed by atoms with E-state index in [9.17, 15) is 9.59 Å². The molecule has 1 fully saturated rings. The number of carbonyl (C=O) groups excluding carboxylic acids is 2. The van der Waals surface area contributed by atoms with Crippen LogP contribution < -0.4 is 15.4 Å². The number of carbonyl (C=O) groups is 2. The fraction of sp³-hybridized carbons (Fsp3) is 0.529. The minimum absolute atomic E-state index is 0.0904. The van der Waals surface area contributed by atoms with Gasteiger partial charge >= 0.3 is 0 Å². The number of ether oxygens (including phenoxy) is 1. The van der Waals surface area contributed by atoms with Crippen LogP contribution in [0.25, 0.3) is 0 Å². The quantitative estimate of drug-likeness (QED) is 0.722. The second kappa shape index (κ2) is 8.82. The summed E-state index contributed by atoms with van der Waals surface area (Å²) < 4.78 is 5.41. The van der Waals surface area contributed by atoms with E-state index in [1.54, 1.807) is 23.9 Å². The van der Waals surface area contributed by atoms with Crippen LogP contribution in [0.2, 0.25) is 0 Å². The van der Waals surface area contributed by atoms with Crippen molar-refractivity contribution >= 4 is 23.6 Å². The van der Waals surface area contributed by atoms with Crippen molar-refractivity contribution in [2.45, 2.75) is 31.8 Å². The van der Waals surface area contributed by atoms with Gasteiger partial charge < -0.3 is 15.4 Å². The standard InChI is InChI=1S/C17H24N2O3S/c1-12-10-15(12)19-17(21)14(8-9-23-2)18-16(20)11-22-13-6-4-3-5-7-13/h3-7,12,14-15H,8-11H2,1-2H3,(H,18,20)(H,19,21). The molecule has 0 heterocycles. The monoisotopic (exact) mass is 336 g/mol. The largest absolute Gasteiger partial charge is 0.484 e. The molecule has 0 bridgehead atoms. The van der Waals surface area contributed by atoms with Gasteiger partial charge in [0, 0.05) is 6.04 Å². The van der Waals surface area contributed by atoms with Gasteiger partial charge in [0.05, 0.1) is 0 Å². The van der Waals surface area contributed by atoms with Gasteiger partial charge in [-0.3, -0.25) is 9.59 Å². The molecule has 3 atom stereocenters. The van der Waals surface area contributed by atoms with Crippen molar-refractivity contribution in [3.05, 3.63) is 30.3 Å². The summed E-state index contributed by atoms with van der Waals surface area (Å²) in [4.78, 5) is 24.3. The Kier molecular flexibility index (Phi) is 6.77. The molecule has 1 saturated carbocycles. The molecule has 0 radical (unpaired) electrons. The highest BCUT2D eigenvalue weighted by Gasteiger charge is 2.35. The van der Waals surface area contributed by atoms with Gasteiger partial charge in [0.1, 0.15) is 11.8 Å². The molecular weight excluding hydrogens is 312 g/mol. The Morgan fingerprint density at radius 3 is 2.65 bits per heavy atom. The van der Waals surface area contributed by atoms with Crippen LogP contribution in [0.5, 0.6) is 5.75 Å². The summed E-state index contributed by atoms with van der Waals surface area (Å²) in [5.74, 6) is 1.62. The normalized spacial score (nSPS) is 20.4. The molecule has 0 aliphatic heterocycles. The van der Waals surface area contributed by atoms with E-state index in [2.05, 4.69) is 17.6 Å². The summed E-state index contributed by atoms with van der Waals surface area (Å²) in [6.07, 6.45) is 3.62. The van der Waals surface area contributed by atoms with Crippen LogP contribution in [0, 0.1) is 5.92 Å². The SMILES string of the molecule is CSCCC(NC(=O)COc1ccccc1)C(=O)NC1CC1C. The van der Waals surface area contributed by atoms with Crippen molar-refractivity contribution in [3.63, 3.8) is 0 Å². The number of nitrogens with one attached hydrogen (secondary N) is 2. The first-order valence-electron chi connectivity index (χ1n) is 7.86. The molecule has 2 rings (SSSR count). The maximum absolute atomic E-state index is 12.3. The van der Waals surface area contributed by atoms with Crippen LogP contribution in [0.4, 0.5) is 0 Å². The number of thioether (sulfide) groups is 1. The third-order valence-electron chi connectivity index (χ3n) is 3.81. The lowest BCUT2D eigenvalue weighted by Gasteiger charge is -2.18. The molecule has 3 unspecified atom stereocenters. The minimum atomic E-state index is -0.498. The van der Waals surface area contributed by atoms with E-state index in [1.807, 2.05) is 24.5 Å². The molecule has 5 nitrogen and oxygen atoms in total. The second-order valence-corrected chi connectivity index (χ2v) is 6.82. The first-order valence-corrected chi connectivity index (χ1v) is 9.26. The number of benzene rings is 1. The Morgan fingerprint density at radius 1 is 1.35 bits per heavy atom. The molecule has 0 aromatic heterocycles. The topological polar surface area (TPSA) is 67.4 Å². The number of amides is 2. The first-order chi connectivity index (χ1) is 11.1. The molecule has 0 spiro atoms. The molecule has 2 N–H and O–H groups in total. The van der Waals surface area contributed by atoms with Crippen molar-refractivity contribution in [2.24, 2.45) is 5.92 Å². The van der Waals surface area contributed by atoms with Crippen molar-refractivity contribution in [1.29, 1.82) is 0 Å². The van der Waals surface area contributed by atoms with Crippen molar-refractivity contribution in [1.82, 2.24) is 10.6 Å². The number of para-hydroxylation sites is 1. The second-order valence-electron chi connectivity index (χ2n) is 5.83. The maximum Gasteiger partial charge on any atom is 0.258 e. The van der Waals surface area contributed by atoms with Crippen LogP contribution in [0.15, 0.2) is 30.3 Å². The van der Waals surface area contributed by atoms with Gasteiger partial charge in [0.2, 0.25) is 5.91 Å². The zero-order valence-corrected chi connectivity index (χ0v) is 14.4. The van der Waals surface area contributed by atoms with Gasteiger partial charge in [-0.2, -0.15) is 11.8 Å². The summed E-state index contributed by atoms with van der Waals surface area (Å²) in [5, 5.41) is 5.77. The Bertz CT molecular complexity index is 524. The summed E-state index contributed by atoms with van der Waals surface area (Å²) in [5.41, 5.74) is 0. The van der Waals surface area contributed by atoms with E-state index in [0.29, 0.717) is 18.1 Å². The van der Waals surface area contributed by atoms with Gasteiger partial charge in [0.25, 0.3) is 5.91 Å². The van der Waals surface area contributed by atoms with Crippen molar-refractivity contribution in [3.8, 4) is 5.75 Å². The molecule has 126 valence electrons. The number of rotatable bonds is 9. The van der Waals surface area contributed by atoms with E-state index in [-0.39, 0.29) is 24.5 Å². The molecular formula is C17H24N2O3S. The first kappa shape index (κ1) is 17.7. The lowest BCUT2D eigenvalue weighted by molar-refractivity contribution is -0.130. The van der Waals surface area contributed by atoms with E-state index < -0.39 is 6.04 Å². The number of hydrogen-bond acceptors (Lipinski definition) is 4. The zero-order chi connectivity index (χ0) is 16.7. The van der Waals surface area contributed by atoms with Crippen molar-refractivity contribution in [2.75, 3.05) is 18.6 Å². The van der Waals surface area contributed by atoms with E-state index in [1.165, 1.54) is 0 Å². The van der Waals surface area contributed by atoms with Crippen LogP contribution in [0.3, 0.4) is 0 Å². The van der Waals surface area contributed by atoms with Gasteiger partial charge in [-0.25, -0.2) is 0 Å². The molecule has 0 saturated heterocycles. The molecule has 2 amide bonds. The summed E-state index contributed by atoms with van der Waals surface area (Å²) in [6, 6.07) is 8.92.